The molecule has 1 saturated heterocycles. The first-order valence-corrected chi connectivity index (χ1v) is 12.7. The third-order valence-electron chi connectivity index (χ3n) is 6.23. The molecule has 0 bridgehead atoms. The number of carbonyl (C=O) groups is 5. The average Bonchev–Trinajstić information content (AvgIpc) is 3.37. The van der Waals surface area contributed by atoms with Gasteiger partial charge in [0.05, 0.1) is 18.9 Å². The van der Waals surface area contributed by atoms with E-state index in [2.05, 4.69) is 10.3 Å². The number of aliphatic carboxylic acids is 2. The highest BCUT2D eigenvalue weighted by molar-refractivity contribution is 6.29. The van der Waals surface area contributed by atoms with E-state index < -0.39 is 66.7 Å². The number of hydrogen-bond acceptors (Lipinski definition) is 8. The molecule has 13 nitrogen and oxygen atoms in total. The van der Waals surface area contributed by atoms with Gasteiger partial charge in [-0.25, -0.2) is 14.5 Å². The van der Waals surface area contributed by atoms with Crippen molar-refractivity contribution in [1.82, 2.24) is 24.8 Å². The van der Waals surface area contributed by atoms with E-state index in [-0.39, 0.29) is 13.0 Å². The minimum Gasteiger partial charge on any atom is -0.511 e. The third kappa shape index (κ3) is 7.48. The fourth-order valence-corrected chi connectivity index (χ4v) is 4.20. The molecule has 1 aliphatic rings. The lowest BCUT2D eigenvalue weighted by Gasteiger charge is -2.37. The Morgan fingerprint density at radius 3 is 2.33 bits per heavy atom. The van der Waals surface area contributed by atoms with E-state index in [9.17, 15) is 38.6 Å². The van der Waals surface area contributed by atoms with Crippen LogP contribution in [0.25, 0.3) is 0 Å². The zero-order valence-electron chi connectivity index (χ0n) is 21.6. The number of halogens is 1. The van der Waals surface area contributed by atoms with Crippen molar-refractivity contribution >= 4 is 29.8 Å². The Hall–Kier alpha value is -4.62. The van der Waals surface area contributed by atoms with Crippen molar-refractivity contribution in [1.29, 1.82) is 0 Å². The molecule has 3 N–H and O–H groups in total. The van der Waals surface area contributed by atoms with Gasteiger partial charge in [0, 0.05) is 25.6 Å². The van der Waals surface area contributed by atoms with Crippen molar-refractivity contribution in [3.8, 4) is 0 Å². The molecule has 4 amide bonds. The molecule has 1 aromatic heterocycles. The highest BCUT2D eigenvalue weighted by Crippen LogP contribution is 2.27. The number of benzene rings is 1. The normalized spacial score (nSPS) is 15.9. The van der Waals surface area contributed by atoms with E-state index in [1.165, 1.54) is 0 Å². The number of aryl methyl sites for hydroxylation is 2. The number of aliphatic hydroxyl groups excluding tert-OH is 1. The summed E-state index contributed by atoms with van der Waals surface area (Å²) in [5, 5.41) is 37.4. The number of allylic oxidation sites excluding steroid dienone is 1. The molecular formula is C26H30FN5O8. The van der Waals surface area contributed by atoms with Crippen LogP contribution in [0.5, 0.6) is 0 Å². The van der Waals surface area contributed by atoms with Gasteiger partial charge in [-0.3, -0.25) is 28.4 Å². The number of urea groups is 1. The number of unbranched alkanes of at least 4 members (excludes halogenated alkanes) is 1. The van der Waals surface area contributed by atoms with Crippen molar-refractivity contribution in [2.75, 3.05) is 6.67 Å². The van der Waals surface area contributed by atoms with Crippen LogP contribution in [-0.4, -0.2) is 82.6 Å². The van der Waals surface area contributed by atoms with E-state index >= 15 is 0 Å². The van der Waals surface area contributed by atoms with Crippen molar-refractivity contribution in [3.63, 3.8) is 0 Å². The minimum absolute atomic E-state index is 0.135. The summed E-state index contributed by atoms with van der Waals surface area (Å²) >= 11 is 0. The van der Waals surface area contributed by atoms with E-state index in [1.54, 1.807) is 41.2 Å². The standard InChI is InChI=1S/C26H30FN5O8/c27-13-6-9-18-16-30(29-28-18)14-5-4-10-20(33)22-23(36)31(15-17-7-2-1-3-8-17)26(40)32(24(22)37)19(25(38)39)11-12-21(34)35/h1-3,7-8,16,19,33H,4-6,9-15H2,(H,34,35)(H,38,39)/t19-/m0/s1. The number of alkyl halides is 1. The summed E-state index contributed by atoms with van der Waals surface area (Å²) in [6.07, 6.45) is 1.84. The van der Waals surface area contributed by atoms with Crippen LogP contribution in [0.1, 0.15) is 49.8 Å². The number of imide groups is 2. The molecule has 1 aliphatic heterocycles. The summed E-state index contributed by atoms with van der Waals surface area (Å²) in [6.45, 7) is -0.369. The first-order valence-electron chi connectivity index (χ1n) is 12.7. The van der Waals surface area contributed by atoms with Gasteiger partial charge in [0.1, 0.15) is 17.4 Å². The molecule has 0 spiro atoms. The summed E-state index contributed by atoms with van der Waals surface area (Å²) in [5.74, 6) is -5.96. The van der Waals surface area contributed by atoms with Gasteiger partial charge >= 0.3 is 18.0 Å². The van der Waals surface area contributed by atoms with E-state index in [4.69, 9.17) is 5.11 Å². The molecule has 3 rings (SSSR count). The van der Waals surface area contributed by atoms with Gasteiger partial charge in [-0.1, -0.05) is 35.5 Å². The average molecular weight is 560 g/mol. The van der Waals surface area contributed by atoms with Crippen molar-refractivity contribution in [3.05, 3.63) is 59.1 Å². The van der Waals surface area contributed by atoms with Crippen LogP contribution in [0.15, 0.2) is 47.9 Å². The van der Waals surface area contributed by atoms with Gasteiger partial charge in [-0.15, -0.1) is 5.10 Å². The highest BCUT2D eigenvalue weighted by atomic mass is 19.1. The summed E-state index contributed by atoms with van der Waals surface area (Å²) < 4.78 is 13.9. The molecular weight excluding hydrogens is 529 g/mol. The van der Waals surface area contributed by atoms with Gasteiger partial charge in [-0.2, -0.15) is 0 Å². The number of aliphatic hydroxyl groups is 1. The highest BCUT2D eigenvalue weighted by Gasteiger charge is 2.48. The van der Waals surface area contributed by atoms with Crippen LogP contribution in [0, 0.1) is 0 Å². The number of barbiturate groups is 1. The molecule has 1 atom stereocenters. The maximum Gasteiger partial charge on any atom is 0.335 e. The molecule has 40 heavy (non-hydrogen) atoms. The first-order chi connectivity index (χ1) is 19.1. The molecule has 214 valence electrons. The molecule has 0 radical (unpaired) electrons. The summed E-state index contributed by atoms with van der Waals surface area (Å²) in [6, 6.07) is 5.20. The molecule has 14 heteroatoms. The Balaban J connectivity index is 1.82. The van der Waals surface area contributed by atoms with E-state index in [1.807, 2.05) is 0 Å². The number of hydrogen-bond donors (Lipinski definition) is 3. The van der Waals surface area contributed by atoms with Crippen LogP contribution in [-0.2, 0) is 38.7 Å². The number of carboxylic acid groups (broad SMARTS) is 2. The van der Waals surface area contributed by atoms with Crippen LogP contribution in [0.4, 0.5) is 9.18 Å². The zero-order valence-corrected chi connectivity index (χ0v) is 21.6. The smallest absolute Gasteiger partial charge is 0.335 e. The van der Waals surface area contributed by atoms with Gasteiger partial charge in [-0.05, 0) is 37.7 Å². The number of aromatic nitrogens is 3. The zero-order chi connectivity index (χ0) is 29.2. The molecule has 1 aromatic carbocycles. The number of amides is 4. The van der Waals surface area contributed by atoms with Crippen LogP contribution in [0.3, 0.4) is 0 Å². The monoisotopic (exact) mass is 559 g/mol. The fraction of sp³-hybridized carbons (Fsp3) is 0.423. The summed E-state index contributed by atoms with van der Waals surface area (Å²) in [4.78, 5) is 63.9. The number of nitrogens with zero attached hydrogens (tertiary/aromatic N) is 5. The second-order valence-electron chi connectivity index (χ2n) is 9.17. The Labute approximate surface area is 228 Å². The van der Waals surface area contributed by atoms with Crippen LogP contribution < -0.4 is 0 Å². The van der Waals surface area contributed by atoms with Gasteiger partial charge in [0.15, 0.2) is 0 Å². The maximum absolute atomic E-state index is 13.3. The van der Waals surface area contributed by atoms with Crippen LogP contribution >= 0.6 is 0 Å². The minimum atomic E-state index is -1.87. The Morgan fingerprint density at radius 2 is 1.68 bits per heavy atom. The predicted molar refractivity (Wildman–Crippen MR) is 135 cm³/mol. The molecule has 2 aromatic rings. The first kappa shape index (κ1) is 29.9. The maximum atomic E-state index is 13.3. The number of carboxylic acids is 2. The quantitative estimate of drug-likeness (QED) is 0.127. The Kier molecular flexibility index (Phi) is 10.4. The van der Waals surface area contributed by atoms with Crippen LogP contribution in [0.2, 0.25) is 0 Å². The van der Waals surface area contributed by atoms with Gasteiger partial charge in [0.25, 0.3) is 11.8 Å². The van der Waals surface area contributed by atoms with Gasteiger partial charge < -0.3 is 15.3 Å². The largest absolute Gasteiger partial charge is 0.511 e. The predicted octanol–water partition coefficient (Wildman–Crippen LogP) is 2.47. The van der Waals surface area contributed by atoms with Crippen molar-refractivity contribution < 1.29 is 43.7 Å². The van der Waals surface area contributed by atoms with Crippen molar-refractivity contribution in [2.24, 2.45) is 0 Å². The third-order valence-corrected chi connectivity index (χ3v) is 6.23. The van der Waals surface area contributed by atoms with E-state index in [0.717, 1.165) is 0 Å². The van der Waals surface area contributed by atoms with Gasteiger partial charge in [0.2, 0.25) is 0 Å². The SMILES string of the molecule is O=C(O)CC[C@@H](C(=O)O)N1C(=O)C(=C(O)CCCCn2cc(CCCF)nn2)C(=O)N(Cc2ccccc2)C1=O. The molecule has 1 fully saturated rings. The number of rotatable bonds is 15. The second-order valence-corrected chi connectivity index (χ2v) is 9.17. The fourth-order valence-electron chi connectivity index (χ4n) is 4.20. The topological polar surface area (TPSA) is 183 Å². The lowest BCUT2D eigenvalue weighted by atomic mass is 10.0. The molecule has 0 aliphatic carbocycles. The Morgan fingerprint density at radius 1 is 0.950 bits per heavy atom. The lowest BCUT2D eigenvalue weighted by Crippen LogP contribution is -2.61. The lowest BCUT2D eigenvalue weighted by molar-refractivity contribution is -0.151. The summed E-state index contributed by atoms with van der Waals surface area (Å²) in [5.41, 5.74) is 0.403. The summed E-state index contributed by atoms with van der Waals surface area (Å²) in [7, 11) is 0. The van der Waals surface area contributed by atoms with Crippen molar-refractivity contribution in [2.45, 2.75) is 64.1 Å². The molecule has 0 unspecified atom stereocenters. The molecule has 0 saturated carbocycles. The number of carbonyl (C=O) groups excluding carboxylic acids is 3. The Bertz CT molecular complexity index is 1280. The molecule has 2 heterocycles. The van der Waals surface area contributed by atoms with E-state index in [0.29, 0.717) is 53.3 Å². The second kappa shape index (κ2) is 14.0.